The first-order valence-electron chi connectivity index (χ1n) is 7.51. The summed E-state index contributed by atoms with van der Waals surface area (Å²) in [6.45, 7) is 2.63. The summed E-state index contributed by atoms with van der Waals surface area (Å²) in [5.41, 5.74) is 2.87. The van der Waals surface area contributed by atoms with Crippen molar-refractivity contribution in [1.82, 2.24) is 5.32 Å². The van der Waals surface area contributed by atoms with Crippen LogP contribution in [-0.4, -0.2) is 26.7 Å². The number of hydrogen-bond acceptors (Lipinski definition) is 4. The molecule has 2 rings (SSSR count). The highest BCUT2D eigenvalue weighted by atomic mass is 35.5. The van der Waals surface area contributed by atoms with Gasteiger partial charge in [-0.2, -0.15) is 0 Å². The Bertz CT molecular complexity index is 719. The molecule has 0 saturated heterocycles. The van der Waals surface area contributed by atoms with E-state index in [0.717, 1.165) is 11.1 Å². The lowest BCUT2D eigenvalue weighted by molar-refractivity contribution is -0.119. The molecule has 0 spiro atoms. The van der Waals surface area contributed by atoms with Gasteiger partial charge in [0.15, 0.2) is 0 Å². The molecule has 2 aromatic rings. The van der Waals surface area contributed by atoms with Crippen LogP contribution < -0.4 is 20.1 Å². The van der Waals surface area contributed by atoms with Crippen molar-refractivity contribution in [3.05, 3.63) is 52.5 Å². The van der Waals surface area contributed by atoms with Crippen molar-refractivity contribution in [2.45, 2.75) is 13.5 Å². The van der Waals surface area contributed by atoms with Gasteiger partial charge >= 0.3 is 0 Å². The molecular formula is C18H21ClN2O3. The van der Waals surface area contributed by atoms with Crippen molar-refractivity contribution < 1.29 is 14.3 Å². The van der Waals surface area contributed by atoms with Gasteiger partial charge < -0.3 is 20.1 Å². The molecule has 6 heteroatoms. The summed E-state index contributed by atoms with van der Waals surface area (Å²) in [6.07, 6.45) is 0. The van der Waals surface area contributed by atoms with Crippen molar-refractivity contribution in [2.75, 3.05) is 26.1 Å². The molecular weight excluding hydrogens is 328 g/mol. The van der Waals surface area contributed by atoms with E-state index in [9.17, 15) is 4.79 Å². The number of ether oxygens (including phenoxy) is 2. The van der Waals surface area contributed by atoms with Gasteiger partial charge in [0, 0.05) is 18.7 Å². The van der Waals surface area contributed by atoms with E-state index < -0.39 is 0 Å². The monoisotopic (exact) mass is 348 g/mol. The minimum Gasteiger partial charge on any atom is -0.495 e. The predicted octanol–water partition coefficient (Wildman–Crippen LogP) is 3.39. The van der Waals surface area contributed by atoms with Gasteiger partial charge in [-0.1, -0.05) is 41.4 Å². The van der Waals surface area contributed by atoms with E-state index in [1.165, 1.54) is 7.11 Å². The number of halogens is 1. The average Bonchev–Trinajstić information content (AvgIpc) is 2.58. The predicted molar refractivity (Wildman–Crippen MR) is 96.1 cm³/mol. The van der Waals surface area contributed by atoms with Crippen LogP contribution in [0.2, 0.25) is 5.02 Å². The Kier molecular flexibility index (Phi) is 6.32. The van der Waals surface area contributed by atoms with Gasteiger partial charge in [-0.15, -0.1) is 0 Å². The lowest BCUT2D eigenvalue weighted by Crippen LogP contribution is -2.29. The molecule has 0 heterocycles. The maximum Gasteiger partial charge on any atom is 0.239 e. The minimum atomic E-state index is -0.118. The number of benzene rings is 2. The SMILES string of the molecule is COc1cc(NCC(=O)NCc2cccc(C)c2)c(OC)cc1Cl. The summed E-state index contributed by atoms with van der Waals surface area (Å²) >= 11 is 6.06. The maximum atomic E-state index is 12.0. The van der Waals surface area contributed by atoms with Crippen molar-refractivity contribution in [1.29, 1.82) is 0 Å². The van der Waals surface area contributed by atoms with E-state index >= 15 is 0 Å². The molecule has 1 amide bonds. The molecule has 0 atom stereocenters. The molecule has 2 N–H and O–H groups in total. The fourth-order valence-corrected chi connectivity index (χ4v) is 2.49. The molecule has 2 aromatic carbocycles. The second-order valence-corrected chi connectivity index (χ2v) is 5.71. The fourth-order valence-electron chi connectivity index (χ4n) is 2.26. The fraction of sp³-hybridized carbons (Fsp3) is 0.278. The van der Waals surface area contributed by atoms with Gasteiger partial charge in [0.05, 0.1) is 31.5 Å². The number of nitrogens with one attached hydrogen (secondary N) is 2. The van der Waals surface area contributed by atoms with Crippen molar-refractivity contribution >= 4 is 23.2 Å². The van der Waals surface area contributed by atoms with Crippen LogP contribution in [0, 0.1) is 6.92 Å². The van der Waals surface area contributed by atoms with Crippen LogP contribution in [0.15, 0.2) is 36.4 Å². The van der Waals surface area contributed by atoms with Crippen molar-refractivity contribution in [3.8, 4) is 11.5 Å². The zero-order valence-electron chi connectivity index (χ0n) is 14.0. The molecule has 0 saturated carbocycles. The second-order valence-electron chi connectivity index (χ2n) is 5.31. The Morgan fingerprint density at radius 2 is 1.88 bits per heavy atom. The number of amides is 1. The summed E-state index contributed by atoms with van der Waals surface area (Å²) in [5.74, 6) is 0.944. The lowest BCUT2D eigenvalue weighted by atomic mass is 10.1. The molecule has 128 valence electrons. The topological polar surface area (TPSA) is 59.6 Å². The highest BCUT2D eigenvalue weighted by Crippen LogP contribution is 2.35. The second kappa shape index (κ2) is 8.45. The van der Waals surface area contributed by atoms with E-state index in [0.29, 0.717) is 28.8 Å². The van der Waals surface area contributed by atoms with Crippen molar-refractivity contribution in [2.24, 2.45) is 0 Å². The smallest absolute Gasteiger partial charge is 0.239 e. The average molecular weight is 349 g/mol. The quantitative estimate of drug-likeness (QED) is 0.805. The number of anilines is 1. The van der Waals surface area contributed by atoms with Crippen LogP contribution in [0.1, 0.15) is 11.1 Å². The summed E-state index contributed by atoms with van der Waals surface area (Å²) < 4.78 is 10.4. The van der Waals surface area contributed by atoms with E-state index in [2.05, 4.69) is 10.6 Å². The summed E-state index contributed by atoms with van der Waals surface area (Å²) in [4.78, 5) is 12.0. The molecule has 0 fully saturated rings. The van der Waals surface area contributed by atoms with E-state index in [-0.39, 0.29) is 12.5 Å². The molecule has 0 aliphatic heterocycles. The lowest BCUT2D eigenvalue weighted by Gasteiger charge is -2.14. The van der Waals surface area contributed by atoms with Gasteiger partial charge in [0.2, 0.25) is 5.91 Å². The van der Waals surface area contributed by atoms with Crippen LogP contribution in [0.25, 0.3) is 0 Å². The standard InChI is InChI=1S/C18H21ClN2O3/c1-12-5-4-6-13(7-12)10-21-18(22)11-20-15-9-16(23-2)14(19)8-17(15)24-3/h4-9,20H,10-11H2,1-3H3,(H,21,22). The van der Waals surface area contributed by atoms with E-state index in [1.54, 1.807) is 19.2 Å². The van der Waals surface area contributed by atoms with Crippen LogP contribution in [0.3, 0.4) is 0 Å². The van der Waals surface area contributed by atoms with Gasteiger partial charge in [-0.05, 0) is 12.5 Å². The Balaban J connectivity index is 1.94. The molecule has 5 nitrogen and oxygen atoms in total. The van der Waals surface area contributed by atoms with Gasteiger partial charge in [0.25, 0.3) is 0 Å². The normalized spacial score (nSPS) is 10.2. The summed E-state index contributed by atoms with van der Waals surface area (Å²) in [7, 11) is 3.08. The third kappa shape index (κ3) is 4.80. The Labute approximate surface area is 146 Å². The number of hydrogen-bond donors (Lipinski definition) is 2. The number of carbonyl (C=O) groups excluding carboxylic acids is 1. The van der Waals surface area contributed by atoms with E-state index in [4.69, 9.17) is 21.1 Å². The minimum absolute atomic E-state index is 0.118. The zero-order chi connectivity index (χ0) is 17.5. The van der Waals surface area contributed by atoms with Crippen LogP contribution in [0.5, 0.6) is 11.5 Å². The van der Waals surface area contributed by atoms with Crippen LogP contribution in [-0.2, 0) is 11.3 Å². The largest absolute Gasteiger partial charge is 0.495 e. The van der Waals surface area contributed by atoms with Gasteiger partial charge in [-0.25, -0.2) is 0 Å². The first-order chi connectivity index (χ1) is 11.5. The first-order valence-corrected chi connectivity index (χ1v) is 7.89. The van der Waals surface area contributed by atoms with Crippen LogP contribution in [0.4, 0.5) is 5.69 Å². The molecule has 0 aliphatic carbocycles. The summed E-state index contributed by atoms with van der Waals surface area (Å²) in [6, 6.07) is 11.4. The molecule has 0 aliphatic rings. The molecule has 0 radical (unpaired) electrons. The Morgan fingerprint density at radius 1 is 1.12 bits per heavy atom. The van der Waals surface area contributed by atoms with E-state index in [1.807, 2.05) is 31.2 Å². The highest BCUT2D eigenvalue weighted by Gasteiger charge is 2.11. The first kappa shape index (κ1) is 17.9. The van der Waals surface area contributed by atoms with Crippen molar-refractivity contribution in [3.63, 3.8) is 0 Å². The molecule has 0 aromatic heterocycles. The third-order valence-corrected chi connectivity index (χ3v) is 3.78. The molecule has 24 heavy (non-hydrogen) atoms. The number of methoxy groups -OCH3 is 2. The Hall–Kier alpha value is -2.40. The zero-order valence-corrected chi connectivity index (χ0v) is 14.7. The van der Waals surface area contributed by atoms with Gasteiger partial charge in [-0.3, -0.25) is 4.79 Å². The molecule has 0 bridgehead atoms. The molecule has 0 unspecified atom stereocenters. The van der Waals surface area contributed by atoms with Gasteiger partial charge in [0.1, 0.15) is 11.5 Å². The maximum absolute atomic E-state index is 12.0. The third-order valence-electron chi connectivity index (χ3n) is 3.49. The number of rotatable bonds is 7. The Morgan fingerprint density at radius 3 is 2.54 bits per heavy atom. The summed E-state index contributed by atoms with van der Waals surface area (Å²) in [5, 5.41) is 6.36. The number of aryl methyl sites for hydroxylation is 1. The van der Waals surface area contributed by atoms with Crippen LogP contribution >= 0.6 is 11.6 Å². The number of carbonyl (C=O) groups is 1. The highest BCUT2D eigenvalue weighted by molar-refractivity contribution is 6.32.